The molecule has 0 radical (unpaired) electrons. The largest absolute Gasteiger partial charge is 1.00 e. The number of carbonyl (C=O) groups is 2. The van der Waals surface area contributed by atoms with Gasteiger partial charge in [0.15, 0.2) is 5.76 Å². The number of ether oxygens (including phenoxy) is 1. The van der Waals surface area contributed by atoms with Gasteiger partial charge in [-0.3, -0.25) is 9.59 Å². The SMILES string of the molecule is O=C1C(=O)c2ccc(OS(=O)(=O)[O-])cc2OC1=C1C=CC=CC1.[Na+]. The molecule has 0 unspecified atom stereocenters. The van der Waals surface area contributed by atoms with Crippen molar-refractivity contribution in [1.82, 2.24) is 0 Å². The monoisotopic (exact) mass is 356 g/mol. The Bertz CT molecular complexity index is 910. The van der Waals surface area contributed by atoms with Gasteiger partial charge in [0.1, 0.15) is 11.5 Å². The second-order valence-electron chi connectivity index (χ2n) is 4.76. The Balaban J connectivity index is 0.00000208. The van der Waals surface area contributed by atoms with Gasteiger partial charge in [-0.15, -0.1) is 0 Å². The molecule has 1 aromatic carbocycles. The van der Waals surface area contributed by atoms with Crippen molar-refractivity contribution >= 4 is 22.0 Å². The first kappa shape index (κ1) is 18.6. The zero-order chi connectivity index (χ0) is 16.6. The van der Waals surface area contributed by atoms with Gasteiger partial charge in [0.2, 0.25) is 5.78 Å². The summed E-state index contributed by atoms with van der Waals surface area (Å²) in [4.78, 5) is 24.3. The summed E-state index contributed by atoms with van der Waals surface area (Å²) in [5.41, 5.74) is 0.504. The van der Waals surface area contributed by atoms with Gasteiger partial charge in [0.05, 0.1) is 5.56 Å². The van der Waals surface area contributed by atoms with Crippen molar-refractivity contribution in [1.29, 1.82) is 0 Å². The van der Waals surface area contributed by atoms with E-state index >= 15 is 0 Å². The number of allylic oxidation sites excluding steroid dienone is 6. The maximum absolute atomic E-state index is 12.1. The smallest absolute Gasteiger partial charge is 0.716 e. The van der Waals surface area contributed by atoms with Gasteiger partial charge < -0.3 is 13.5 Å². The second kappa shape index (κ2) is 7.04. The summed E-state index contributed by atoms with van der Waals surface area (Å²) in [5.74, 6) is -2.01. The molecule has 0 saturated carbocycles. The van der Waals surface area contributed by atoms with E-state index in [4.69, 9.17) is 4.74 Å². The molecule has 0 atom stereocenters. The van der Waals surface area contributed by atoms with Gasteiger partial charge in [0.25, 0.3) is 16.2 Å². The third-order valence-electron chi connectivity index (χ3n) is 3.19. The molecule has 118 valence electrons. The molecule has 0 saturated heterocycles. The van der Waals surface area contributed by atoms with E-state index in [1.54, 1.807) is 24.3 Å². The number of benzene rings is 1. The van der Waals surface area contributed by atoms with E-state index in [0.29, 0.717) is 12.0 Å². The van der Waals surface area contributed by atoms with Crippen molar-refractivity contribution in [2.75, 3.05) is 0 Å². The predicted molar refractivity (Wildman–Crippen MR) is 76.7 cm³/mol. The van der Waals surface area contributed by atoms with E-state index in [-0.39, 0.29) is 52.4 Å². The Morgan fingerprint density at radius 1 is 1.12 bits per heavy atom. The van der Waals surface area contributed by atoms with E-state index in [9.17, 15) is 22.6 Å². The van der Waals surface area contributed by atoms with Gasteiger partial charge in [0, 0.05) is 11.6 Å². The fraction of sp³-hybridized carbons (Fsp3) is 0.0667. The van der Waals surface area contributed by atoms with E-state index in [1.165, 1.54) is 6.07 Å². The fourth-order valence-electron chi connectivity index (χ4n) is 2.22. The van der Waals surface area contributed by atoms with E-state index < -0.39 is 22.0 Å². The minimum atomic E-state index is -4.95. The quantitative estimate of drug-likeness (QED) is 0.207. The van der Waals surface area contributed by atoms with Crippen LogP contribution in [0.15, 0.2) is 53.8 Å². The third-order valence-corrected chi connectivity index (χ3v) is 3.59. The van der Waals surface area contributed by atoms with Gasteiger partial charge in [-0.1, -0.05) is 24.3 Å². The molecule has 1 aliphatic heterocycles. The average Bonchev–Trinajstić information content (AvgIpc) is 2.50. The van der Waals surface area contributed by atoms with Gasteiger partial charge in [-0.05, 0) is 18.6 Å². The molecule has 2 aliphatic rings. The number of ketones is 2. The summed E-state index contributed by atoms with van der Waals surface area (Å²) >= 11 is 0. The van der Waals surface area contributed by atoms with Crippen LogP contribution in [0.2, 0.25) is 0 Å². The van der Waals surface area contributed by atoms with E-state index in [2.05, 4.69) is 4.18 Å². The number of hydrogen-bond donors (Lipinski definition) is 0. The number of fused-ring (bicyclic) bond motifs is 1. The molecule has 1 aromatic rings. The summed E-state index contributed by atoms with van der Waals surface area (Å²) < 4.78 is 41.6. The Morgan fingerprint density at radius 2 is 1.88 bits per heavy atom. The first-order valence-corrected chi connectivity index (χ1v) is 7.81. The van der Waals surface area contributed by atoms with E-state index in [1.807, 2.05) is 0 Å². The standard InChI is InChI=1S/C15H10O7S.Na/c16-13-11-7-6-10(22-23(18,19)20)8-12(11)21-15(14(13)17)9-4-2-1-3-5-9;/h1-4,6-8H,5H2,(H,18,19,20);/q;+1/p-1. The molecule has 1 aliphatic carbocycles. The molecule has 0 spiro atoms. The molecule has 0 fully saturated rings. The van der Waals surface area contributed by atoms with Crippen LogP contribution in [-0.2, 0) is 15.2 Å². The van der Waals surface area contributed by atoms with Crippen LogP contribution < -0.4 is 38.5 Å². The van der Waals surface area contributed by atoms with Crippen LogP contribution >= 0.6 is 0 Å². The first-order valence-electron chi connectivity index (χ1n) is 6.48. The molecular formula is C15H9NaO7S. The van der Waals surface area contributed by atoms with Crippen LogP contribution in [0.4, 0.5) is 0 Å². The molecule has 9 heteroatoms. The van der Waals surface area contributed by atoms with Crippen molar-refractivity contribution in [2.24, 2.45) is 0 Å². The van der Waals surface area contributed by atoms with Crippen molar-refractivity contribution in [3.05, 3.63) is 59.4 Å². The molecule has 0 bridgehead atoms. The molecule has 0 N–H and O–H groups in total. The van der Waals surface area contributed by atoms with Crippen LogP contribution in [0.1, 0.15) is 16.8 Å². The van der Waals surface area contributed by atoms with Crippen molar-refractivity contribution in [2.45, 2.75) is 6.42 Å². The third kappa shape index (κ3) is 3.85. The maximum Gasteiger partial charge on any atom is 1.00 e. The zero-order valence-corrected chi connectivity index (χ0v) is 15.3. The molecule has 0 amide bonds. The molecular weight excluding hydrogens is 347 g/mol. The topological polar surface area (TPSA) is 110 Å². The van der Waals surface area contributed by atoms with Gasteiger partial charge in [-0.25, -0.2) is 8.42 Å². The summed E-state index contributed by atoms with van der Waals surface area (Å²) in [6.07, 6.45) is 7.35. The van der Waals surface area contributed by atoms with Crippen molar-refractivity contribution < 1.29 is 61.0 Å². The van der Waals surface area contributed by atoms with E-state index in [0.717, 1.165) is 12.1 Å². The summed E-state index contributed by atoms with van der Waals surface area (Å²) in [7, 11) is -4.95. The molecule has 24 heavy (non-hydrogen) atoms. The normalized spacial score (nSPS) is 19.4. The molecule has 3 rings (SSSR count). The van der Waals surface area contributed by atoms with Gasteiger partial charge in [-0.2, -0.15) is 0 Å². The number of carbonyl (C=O) groups excluding carboxylic acids is 2. The second-order valence-corrected chi connectivity index (χ2v) is 5.74. The maximum atomic E-state index is 12.1. The Hall–Kier alpha value is -1.71. The molecule has 1 heterocycles. The van der Waals surface area contributed by atoms with Crippen molar-refractivity contribution in [3.8, 4) is 11.5 Å². The van der Waals surface area contributed by atoms with Crippen LogP contribution in [-0.4, -0.2) is 24.5 Å². The van der Waals surface area contributed by atoms with Crippen LogP contribution in [0.5, 0.6) is 11.5 Å². The molecule has 0 aromatic heterocycles. The summed E-state index contributed by atoms with van der Waals surface area (Å²) in [6.45, 7) is 0. The first-order chi connectivity index (χ1) is 10.8. The minimum absolute atomic E-state index is 0. The number of Topliss-reactive ketones (excluding diaryl/α,β-unsaturated/α-hetero) is 2. The fourth-order valence-corrected chi connectivity index (χ4v) is 2.56. The van der Waals surface area contributed by atoms with Crippen LogP contribution in [0, 0.1) is 0 Å². The average molecular weight is 356 g/mol. The zero-order valence-electron chi connectivity index (χ0n) is 12.5. The minimum Gasteiger partial charge on any atom is -0.716 e. The Morgan fingerprint density at radius 3 is 2.50 bits per heavy atom. The molecule has 7 nitrogen and oxygen atoms in total. The Labute approximate surface area is 159 Å². The number of rotatable bonds is 2. The predicted octanol–water partition coefficient (Wildman–Crippen LogP) is -1.56. The summed E-state index contributed by atoms with van der Waals surface area (Å²) in [6, 6.07) is 3.36. The van der Waals surface area contributed by atoms with Gasteiger partial charge >= 0.3 is 29.6 Å². The van der Waals surface area contributed by atoms with Crippen molar-refractivity contribution in [3.63, 3.8) is 0 Å². The van der Waals surface area contributed by atoms with Crippen LogP contribution in [0.25, 0.3) is 0 Å². The Kier molecular flexibility index (Phi) is 5.46. The summed E-state index contributed by atoms with van der Waals surface area (Å²) in [5, 5.41) is 0. The van der Waals surface area contributed by atoms with Crippen LogP contribution in [0.3, 0.4) is 0 Å². The number of hydrogen-bond acceptors (Lipinski definition) is 7.